The van der Waals surface area contributed by atoms with Crippen LogP contribution in [0.5, 0.6) is 0 Å². The van der Waals surface area contributed by atoms with Gasteiger partial charge in [0.25, 0.3) is 0 Å². The van der Waals surface area contributed by atoms with Crippen LogP contribution in [0.1, 0.15) is 12.5 Å². The van der Waals surface area contributed by atoms with E-state index in [0.29, 0.717) is 5.69 Å². The van der Waals surface area contributed by atoms with E-state index < -0.39 is 10.0 Å². The molecule has 1 aromatic rings. The Kier molecular flexibility index (Phi) is 4.50. The van der Waals surface area contributed by atoms with Gasteiger partial charge in [0.2, 0.25) is 10.0 Å². The predicted molar refractivity (Wildman–Crippen MR) is 67.0 cm³/mol. The second kappa shape index (κ2) is 5.48. The van der Waals surface area contributed by atoms with Gasteiger partial charge in [-0.3, -0.25) is 0 Å². The molecule has 1 rings (SSSR count). The Morgan fingerprint density at radius 1 is 1.47 bits per heavy atom. The second-order valence-corrected chi connectivity index (χ2v) is 5.92. The fourth-order valence-electron chi connectivity index (χ4n) is 1.19. The maximum Gasteiger partial charge on any atom is 0.240 e. The highest BCUT2D eigenvalue weighted by Crippen LogP contribution is 2.16. The van der Waals surface area contributed by atoms with E-state index in [2.05, 4.69) is 4.72 Å². The number of hydrogen-bond acceptors (Lipinski definition) is 4. The van der Waals surface area contributed by atoms with Gasteiger partial charge in [-0.1, -0.05) is 13.0 Å². The molecule has 1 atom stereocenters. The second-order valence-electron chi connectivity index (χ2n) is 4.16. The first-order valence-corrected chi connectivity index (χ1v) is 6.82. The Morgan fingerprint density at radius 3 is 2.65 bits per heavy atom. The van der Waals surface area contributed by atoms with Gasteiger partial charge in [0.1, 0.15) is 0 Å². The number of nitrogens with one attached hydrogen (secondary N) is 1. The molecule has 0 heterocycles. The molecule has 96 valence electrons. The molecule has 1 aromatic carbocycles. The van der Waals surface area contributed by atoms with Crippen molar-refractivity contribution < 1.29 is 13.5 Å². The quantitative estimate of drug-likeness (QED) is 0.670. The van der Waals surface area contributed by atoms with E-state index in [0.717, 1.165) is 5.56 Å². The molecule has 1 unspecified atom stereocenters. The van der Waals surface area contributed by atoms with E-state index in [9.17, 15) is 8.42 Å². The summed E-state index contributed by atoms with van der Waals surface area (Å²) in [6.45, 7) is 3.71. The van der Waals surface area contributed by atoms with Gasteiger partial charge in [-0.25, -0.2) is 13.1 Å². The van der Waals surface area contributed by atoms with Crippen molar-refractivity contribution in [3.05, 3.63) is 23.8 Å². The van der Waals surface area contributed by atoms with Crippen molar-refractivity contribution in [3.63, 3.8) is 0 Å². The Labute approximate surface area is 102 Å². The number of aryl methyl sites for hydroxylation is 1. The molecule has 0 spiro atoms. The molecule has 6 heteroatoms. The number of aliphatic hydroxyl groups excluding tert-OH is 1. The summed E-state index contributed by atoms with van der Waals surface area (Å²) in [6, 6.07) is 4.61. The average Bonchev–Trinajstić information content (AvgIpc) is 2.29. The summed E-state index contributed by atoms with van der Waals surface area (Å²) in [5, 5.41) is 8.83. The minimum absolute atomic E-state index is 0.0570. The first-order valence-electron chi connectivity index (χ1n) is 5.33. The van der Waals surface area contributed by atoms with E-state index in [-0.39, 0.29) is 24.0 Å². The first kappa shape index (κ1) is 14.0. The van der Waals surface area contributed by atoms with Crippen molar-refractivity contribution in [2.75, 3.05) is 18.9 Å². The predicted octanol–water partition coefficient (Wildman–Crippen LogP) is 0.484. The lowest BCUT2D eigenvalue weighted by atomic mass is 10.2. The smallest absolute Gasteiger partial charge is 0.240 e. The van der Waals surface area contributed by atoms with Crippen LogP contribution < -0.4 is 10.5 Å². The van der Waals surface area contributed by atoms with Gasteiger partial charge in [0.15, 0.2) is 0 Å². The highest BCUT2D eigenvalue weighted by atomic mass is 32.2. The van der Waals surface area contributed by atoms with Crippen molar-refractivity contribution in [3.8, 4) is 0 Å². The molecule has 4 N–H and O–H groups in total. The number of hydrogen-bond donors (Lipinski definition) is 3. The number of sulfonamides is 1. The normalized spacial score (nSPS) is 13.6. The molecule has 17 heavy (non-hydrogen) atoms. The van der Waals surface area contributed by atoms with Crippen molar-refractivity contribution >= 4 is 15.7 Å². The highest BCUT2D eigenvalue weighted by Gasteiger charge is 2.15. The first-order chi connectivity index (χ1) is 7.86. The molecule has 0 aliphatic heterocycles. The van der Waals surface area contributed by atoms with Gasteiger partial charge >= 0.3 is 0 Å². The summed E-state index contributed by atoms with van der Waals surface area (Å²) in [5.74, 6) is -0.118. The van der Waals surface area contributed by atoms with Crippen LogP contribution in [-0.2, 0) is 10.0 Å². The van der Waals surface area contributed by atoms with E-state index in [1.807, 2.05) is 6.92 Å². The van der Waals surface area contributed by atoms with E-state index in [1.165, 1.54) is 12.1 Å². The highest BCUT2D eigenvalue weighted by molar-refractivity contribution is 7.89. The number of rotatable bonds is 5. The Bertz CT molecular complexity index is 485. The standard InChI is InChI=1S/C11H18N2O3S/c1-8(7-14)6-13-17(15,16)10-4-3-9(2)11(12)5-10/h3-5,8,13-14H,6-7,12H2,1-2H3. The van der Waals surface area contributed by atoms with Gasteiger partial charge in [0.05, 0.1) is 4.90 Å². The van der Waals surface area contributed by atoms with Crippen LogP contribution in [0.15, 0.2) is 23.1 Å². The largest absolute Gasteiger partial charge is 0.398 e. The fourth-order valence-corrected chi connectivity index (χ4v) is 2.39. The minimum Gasteiger partial charge on any atom is -0.398 e. The molecule has 0 amide bonds. The van der Waals surface area contributed by atoms with Crippen LogP contribution in [0.25, 0.3) is 0 Å². The molecule has 0 aromatic heterocycles. The van der Waals surface area contributed by atoms with E-state index in [4.69, 9.17) is 10.8 Å². The number of anilines is 1. The van der Waals surface area contributed by atoms with Gasteiger partial charge in [0, 0.05) is 18.8 Å². The monoisotopic (exact) mass is 258 g/mol. The summed E-state index contributed by atoms with van der Waals surface area (Å²) in [6.07, 6.45) is 0. The zero-order chi connectivity index (χ0) is 13.1. The van der Waals surface area contributed by atoms with Crippen molar-refractivity contribution in [2.45, 2.75) is 18.7 Å². The molecule has 0 aliphatic carbocycles. The molecule has 0 fully saturated rings. The maximum absolute atomic E-state index is 11.9. The SMILES string of the molecule is Cc1ccc(S(=O)(=O)NCC(C)CO)cc1N. The zero-order valence-corrected chi connectivity index (χ0v) is 10.8. The molecule has 5 nitrogen and oxygen atoms in total. The fraction of sp³-hybridized carbons (Fsp3) is 0.455. The summed E-state index contributed by atoms with van der Waals surface area (Å²) in [7, 11) is -3.55. The third-order valence-corrected chi connectivity index (χ3v) is 3.92. The summed E-state index contributed by atoms with van der Waals surface area (Å²) in [5.41, 5.74) is 6.95. The van der Waals surface area contributed by atoms with Crippen LogP contribution in [0.2, 0.25) is 0 Å². The molecule has 0 aliphatic rings. The minimum atomic E-state index is -3.55. The van der Waals surface area contributed by atoms with Crippen LogP contribution >= 0.6 is 0 Å². The molecule has 0 radical (unpaired) electrons. The maximum atomic E-state index is 11.9. The third kappa shape index (κ3) is 3.69. The lowest BCUT2D eigenvalue weighted by molar-refractivity contribution is 0.238. The van der Waals surface area contributed by atoms with Crippen LogP contribution in [0.4, 0.5) is 5.69 Å². The third-order valence-electron chi connectivity index (χ3n) is 2.49. The summed E-state index contributed by atoms with van der Waals surface area (Å²) in [4.78, 5) is 0.144. The summed E-state index contributed by atoms with van der Waals surface area (Å²) >= 11 is 0. The van der Waals surface area contributed by atoms with Crippen molar-refractivity contribution in [2.24, 2.45) is 5.92 Å². The van der Waals surface area contributed by atoms with Gasteiger partial charge < -0.3 is 10.8 Å². The number of nitrogens with two attached hydrogens (primary N) is 1. The topological polar surface area (TPSA) is 92.4 Å². The average molecular weight is 258 g/mol. The van der Waals surface area contributed by atoms with Crippen LogP contribution in [0, 0.1) is 12.8 Å². The molecular formula is C11H18N2O3S. The Hall–Kier alpha value is -1.11. The number of aliphatic hydroxyl groups is 1. The van der Waals surface area contributed by atoms with Crippen LogP contribution in [-0.4, -0.2) is 26.7 Å². The Morgan fingerprint density at radius 2 is 2.12 bits per heavy atom. The zero-order valence-electron chi connectivity index (χ0n) is 9.97. The molecule has 0 bridgehead atoms. The number of benzene rings is 1. The van der Waals surface area contributed by atoms with E-state index >= 15 is 0 Å². The summed E-state index contributed by atoms with van der Waals surface area (Å²) < 4.78 is 26.2. The number of nitrogen functional groups attached to an aromatic ring is 1. The van der Waals surface area contributed by atoms with Gasteiger partial charge in [-0.05, 0) is 30.5 Å². The molecule has 0 saturated heterocycles. The molecular weight excluding hydrogens is 240 g/mol. The van der Waals surface area contributed by atoms with E-state index in [1.54, 1.807) is 13.0 Å². The molecule has 0 saturated carbocycles. The van der Waals surface area contributed by atoms with Gasteiger partial charge in [-0.15, -0.1) is 0 Å². The Balaban J connectivity index is 2.86. The van der Waals surface area contributed by atoms with Crippen LogP contribution in [0.3, 0.4) is 0 Å². The van der Waals surface area contributed by atoms with Crippen molar-refractivity contribution in [1.29, 1.82) is 0 Å². The van der Waals surface area contributed by atoms with Gasteiger partial charge in [-0.2, -0.15) is 0 Å². The lowest BCUT2D eigenvalue weighted by Crippen LogP contribution is -2.29. The van der Waals surface area contributed by atoms with Crippen molar-refractivity contribution in [1.82, 2.24) is 4.72 Å². The lowest BCUT2D eigenvalue weighted by Gasteiger charge is -2.11.